The van der Waals surface area contributed by atoms with E-state index in [1.165, 1.54) is 12.3 Å². The fourth-order valence-corrected chi connectivity index (χ4v) is 4.59. The van der Waals surface area contributed by atoms with Crippen LogP contribution in [0.2, 0.25) is 0 Å². The topological polar surface area (TPSA) is 101 Å². The van der Waals surface area contributed by atoms with E-state index < -0.39 is 17.4 Å². The van der Waals surface area contributed by atoms with Crippen LogP contribution < -0.4 is 15.5 Å². The third-order valence-electron chi connectivity index (χ3n) is 6.62. The van der Waals surface area contributed by atoms with Gasteiger partial charge in [-0.05, 0) is 37.0 Å². The fraction of sp³-hybridized carbons (Fsp3) is 0.375. The summed E-state index contributed by atoms with van der Waals surface area (Å²) in [6.07, 6.45) is 3.72. The summed E-state index contributed by atoms with van der Waals surface area (Å²) < 4.78 is 39.7. The lowest BCUT2D eigenvalue weighted by atomic mass is 9.87. The first-order valence-corrected chi connectivity index (χ1v) is 11.5. The number of allylic oxidation sites excluding steroid dienone is 1. The average Bonchev–Trinajstić information content (AvgIpc) is 3.59. The number of nitrogens with zero attached hydrogens (tertiary/aromatic N) is 6. The van der Waals surface area contributed by atoms with Crippen LogP contribution in [0.5, 0.6) is 0 Å². The smallest absolute Gasteiger partial charge is 0.350 e. The van der Waals surface area contributed by atoms with Crippen molar-refractivity contribution in [3.05, 3.63) is 64.9 Å². The molecule has 36 heavy (non-hydrogen) atoms. The summed E-state index contributed by atoms with van der Waals surface area (Å²) in [6.45, 7) is 4.50. The molecule has 2 aliphatic rings. The van der Waals surface area contributed by atoms with E-state index in [2.05, 4.69) is 31.8 Å². The number of anilines is 3. The molecule has 0 unspecified atom stereocenters. The zero-order valence-corrected chi connectivity index (χ0v) is 20.0. The molecule has 0 saturated carbocycles. The maximum Gasteiger partial charge on any atom is 0.433 e. The number of halogens is 3. The van der Waals surface area contributed by atoms with Crippen LogP contribution in [0, 0.1) is 6.92 Å². The summed E-state index contributed by atoms with van der Waals surface area (Å²) in [5.74, 6) is 1.01. The molecule has 0 spiro atoms. The second-order valence-corrected chi connectivity index (χ2v) is 8.94. The zero-order valence-electron chi connectivity index (χ0n) is 20.0. The van der Waals surface area contributed by atoms with Crippen molar-refractivity contribution in [1.82, 2.24) is 24.7 Å². The molecule has 5 rings (SSSR count). The van der Waals surface area contributed by atoms with E-state index in [0.29, 0.717) is 48.2 Å². The molecule has 1 aliphatic heterocycles. The number of aryl methyl sites for hydroxylation is 1. The lowest BCUT2D eigenvalue weighted by molar-refractivity contribution is -0.141. The minimum atomic E-state index is -4.46. The molecule has 1 aliphatic carbocycles. The number of likely N-dealkylation sites (N-methyl/N-ethyl adjacent to an activating group) is 1. The number of nitrogens with one attached hydrogen (secondary N) is 2. The summed E-state index contributed by atoms with van der Waals surface area (Å²) in [5.41, 5.74) is 2.15. The molecular formula is C24H25F3N8O. The van der Waals surface area contributed by atoms with Crippen LogP contribution in [0.15, 0.2) is 42.4 Å². The second-order valence-electron chi connectivity index (χ2n) is 8.94. The molecule has 188 valence electrons. The van der Waals surface area contributed by atoms with Gasteiger partial charge in [0, 0.05) is 31.5 Å². The Morgan fingerprint density at radius 3 is 2.61 bits per heavy atom. The second kappa shape index (κ2) is 8.61. The molecule has 0 fully saturated rings. The van der Waals surface area contributed by atoms with E-state index in [0.717, 1.165) is 23.6 Å². The van der Waals surface area contributed by atoms with Gasteiger partial charge < -0.3 is 15.5 Å². The van der Waals surface area contributed by atoms with Crippen molar-refractivity contribution in [2.75, 3.05) is 22.6 Å². The maximum atomic E-state index is 13.0. The summed E-state index contributed by atoms with van der Waals surface area (Å²) in [6, 6.07) is 2.35. The third kappa shape index (κ3) is 4.16. The Labute approximate surface area is 205 Å². The average molecular weight is 499 g/mol. The first kappa shape index (κ1) is 23.8. The van der Waals surface area contributed by atoms with Crippen molar-refractivity contribution < 1.29 is 18.0 Å². The van der Waals surface area contributed by atoms with E-state index in [1.54, 1.807) is 17.1 Å². The van der Waals surface area contributed by atoms with Gasteiger partial charge in [0.2, 0.25) is 5.95 Å². The molecule has 0 saturated heterocycles. The van der Waals surface area contributed by atoms with Crippen LogP contribution in [0.1, 0.15) is 42.3 Å². The number of aromatic nitrogens is 5. The van der Waals surface area contributed by atoms with Crippen LogP contribution in [0.3, 0.4) is 0 Å². The largest absolute Gasteiger partial charge is 0.433 e. The highest BCUT2D eigenvalue weighted by Gasteiger charge is 2.51. The Kier molecular flexibility index (Phi) is 5.68. The monoisotopic (exact) mass is 498 g/mol. The number of alkyl halides is 3. The molecule has 3 aromatic rings. The predicted molar refractivity (Wildman–Crippen MR) is 127 cm³/mol. The number of carbonyl (C=O) groups is 1. The summed E-state index contributed by atoms with van der Waals surface area (Å²) in [7, 11) is 1.89. The number of hydrogen-bond donors (Lipinski definition) is 2. The standard InChI is InChI=1S/C24H25F3N8O/c1-4-23(17-6-7-17)21(36)32-19-14(2)31-22(33-20(19)34(23)3)29-10-16-11-30-35(13-16)12-15-5-8-18(28-9-15)24(25,26)27/h5-6,8-9,11,13H,4,7,10,12H2,1-3H3,(H,32,36)(H,29,31,33)/t23-/m0/s1. The third-order valence-corrected chi connectivity index (χ3v) is 6.62. The van der Waals surface area contributed by atoms with Crippen molar-refractivity contribution in [2.45, 2.75) is 51.5 Å². The zero-order chi connectivity index (χ0) is 25.7. The lowest BCUT2D eigenvalue weighted by Crippen LogP contribution is -2.58. The van der Waals surface area contributed by atoms with Gasteiger partial charge in [0.25, 0.3) is 5.91 Å². The van der Waals surface area contributed by atoms with Gasteiger partial charge in [-0.2, -0.15) is 23.3 Å². The van der Waals surface area contributed by atoms with Gasteiger partial charge in [0.1, 0.15) is 16.9 Å². The quantitative estimate of drug-likeness (QED) is 0.476. The Morgan fingerprint density at radius 1 is 1.19 bits per heavy atom. The number of amides is 1. The lowest BCUT2D eigenvalue weighted by Gasteiger charge is -2.44. The van der Waals surface area contributed by atoms with Gasteiger partial charge in [-0.25, -0.2) is 4.98 Å². The normalized spacial score (nSPS) is 19.0. The highest BCUT2D eigenvalue weighted by atomic mass is 19.4. The van der Waals surface area contributed by atoms with Gasteiger partial charge in [0.05, 0.1) is 18.4 Å². The molecule has 4 heterocycles. The summed E-state index contributed by atoms with van der Waals surface area (Å²) in [5, 5.41) is 10.5. The van der Waals surface area contributed by atoms with Crippen molar-refractivity contribution >= 4 is 23.4 Å². The highest BCUT2D eigenvalue weighted by Crippen LogP contribution is 2.46. The van der Waals surface area contributed by atoms with E-state index in [9.17, 15) is 18.0 Å². The van der Waals surface area contributed by atoms with Crippen LogP contribution in [0.25, 0.3) is 0 Å². The molecule has 1 atom stereocenters. The molecule has 0 aromatic carbocycles. The molecule has 0 radical (unpaired) electrons. The Balaban J connectivity index is 1.28. The first-order chi connectivity index (χ1) is 17.1. The number of carbonyl (C=O) groups excluding carboxylic acids is 1. The van der Waals surface area contributed by atoms with Crippen LogP contribution >= 0.6 is 0 Å². The van der Waals surface area contributed by atoms with Gasteiger partial charge in [-0.1, -0.05) is 19.1 Å². The van der Waals surface area contributed by atoms with E-state index in [4.69, 9.17) is 4.98 Å². The fourth-order valence-electron chi connectivity index (χ4n) is 4.59. The van der Waals surface area contributed by atoms with Gasteiger partial charge in [0.15, 0.2) is 5.82 Å². The van der Waals surface area contributed by atoms with E-state index in [-0.39, 0.29) is 5.91 Å². The van der Waals surface area contributed by atoms with Crippen molar-refractivity contribution in [3.8, 4) is 0 Å². The number of rotatable bonds is 7. The van der Waals surface area contributed by atoms with Crippen LogP contribution in [-0.2, 0) is 24.1 Å². The molecule has 3 aromatic heterocycles. The molecule has 0 bridgehead atoms. The highest BCUT2D eigenvalue weighted by molar-refractivity contribution is 6.09. The Morgan fingerprint density at radius 2 is 1.97 bits per heavy atom. The van der Waals surface area contributed by atoms with Gasteiger partial charge >= 0.3 is 6.18 Å². The van der Waals surface area contributed by atoms with Gasteiger partial charge in [-0.15, -0.1) is 0 Å². The van der Waals surface area contributed by atoms with Crippen molar-refractivity contribution in [1.29, 1.82) is 0 Å². The summed E-state index contributed by atoms with van der Waals surface area (Å²) >= 11 is 0. The minimum absolute atomic E-state index is 0.0631. The Bertz CT molecular complexity index is 1350. The molecular weight excluding hydrogens is 473 g/mol. The SMILES string of the molecule is CC[C@]1(C2=CC2)C(=O)Nc2c(C)nc(NCc3cnn(Cc4ccc(C(F)(F)F)nc4)c3)nc2N1C. The number of fused-ring (bicyclic) bond motifs is 1. The van der Waals surface area contributed by atoms with Crippen molar-refractivity contribution in [2.24, 2.45) is 0 Å². The van der Waals surface area contributed by atoms with Crippen molar-refractivity contribution in [3.63, 3.8) is 0 Å². The first-order valence-electron chi connectivity index (χ1n) is 11.5. The molecule has 2 N–H and O–H groups in total. The molecule has 12 heteroatoms. The predicted octanol–water partition coefficient (Wildman–Crippen LogP) is 3.92. The van der Waals surface area contributed by atoms with E-state index in [1.807, 2.05) is 25.8 Å². The minimum Gasteiger partial charge on any atom is -0.350 e. The van der Waals surface area contributed by atoms with Gasteiger partial charge in [-0.3, -0.25) is 14.5 Å². The Hall–Kier alpha value is -3.96. The van der Waals surface area contributed by atoms with Crippen LogP contribution in [0.4, 0.5) is 30.6 Å². The maximum absolute atomic E-state index is 13.0. The van der Waals surface area contributed by atoms with Crippen LogP contribution in [-0.4, -0.2) is 43.2 Å². The number of hydrogen-bond acceptors (Lipinski definition) is 7. The number of pyridine rings is 1. The summed E-state index contributed by atoms with van der Waals surface area (Å²) in [4.78, 5) is 27.6. The molecule has 1 amide bonds. The van der Waals surface area contributed by atoms with E-state index >= 15 is 0 Å². The molecule has 9 nitrogen and oxygen atoms in total.